The van der Waals surface area contributed by atoms with Crippen LogP contribution in [0.2, 0.25) is 0 Å². The fraction of sp³-hybridized carbons (Fsp3) is 0.471. The van der Waals surface area contributed by atoms with Crippen LogP contribution in [0.4, 0.5) is 10.5 Å². The van der Waals surface area contributed by atoms with Crippen molar-refractivity contribution in [3.63, 3.8) is 0 Å². The summed E-state index contributed by atoms with van der Waals surface area (Å²) in [6, 6.07) is 3.63. The Labute approximate surface area is 146 Å². The normalized spacial score (nSPS) is 22.0. The summed E-state index contributed by atoms with van der Waals surface area (Å²) >= 11 is 0. The van der Waals surface area contributed by atoms with E-state index in [1.165, 1.54) is 0 Å². The minimum absolute atomic E-state index is 0.108. The van der Waals surface area contributed by atoms with Crippen molar-refractivity contribution >= 4 is 11.7 Å². The van der Waals surface area contributed by atoms with Crippen molar-refractivity contribution in [2.75, 3.05) is 31.6 Å². The van der Waals surface area contributed by atoms with E-state index < -0.39 is 0 Å². The molecular formula is C17H22N6O2. The molecule has 0 aromatic carbocycles. The fourth-order valence-electron chi connectivity index (χ4n) is 3.66. The van der Waals surface area contributed by atoms with Crippen LogP contribution in [-0.2, 0) is 4.74 Å². The maximum atomic E-state index is 12.4. The Morgan fingerprint density at radius 3 is 2.92 bits per heavy atom. The topological polar surface area (TPSA) is 93.1 Å². The summed E-state index contributed by atoms with van der Waals surface area (Å²) in [5.41, 5.74) is 1.66. The van der Waals surface area contributed by atoms with Gasteiger partial charge in [0.2, 0.25) is 0 Å². The minimum atomic E-state index is -0.200. The molecule has 0 bridgehead atoms. The first-order valence-electron chi connectivity index (χ1n) is 8.56. The molecule has 8 heteroatoms. The van der Waals surface area contributed by atoms with Crippen molar-refractivity contribution in [1.82, 2.24) is 25.4 Å². The van der Waals surface area contributed by atoms with Crippen LogP contribution < -0.4 is 16.0 Å². The number of anilines is 1. The lowest BCUT2D eigenvalue weighted by molar-refractivity contribution is 0.0138. The molecule has 2 aromatic rings. The molecular weight excluding hydrogens is 320 g/mol. The van der Waals surface area contributed by atoms with E-state index in [2.05, 4.69) is 26.0 Å². The van der Waals surface area contributed by atoms with E-state index >= 15 is 0 Å². The third kappa shape index (κ3) is 3.35. The molecule has 2 aliphatic rings. The molecule has 4 rings (SSSR count). The van der Waals surface area contributed by atoms with Crippen LogP contribution in [0.5, 0.6) is 0 Å². The zero-order valence-corrected chi connectivity index (χ0v) is 13.9. The standard InChI is InChI=1S/C17H22N6O2/c24-16(22-15-10-19-12-17(15)3-7-25-8-4-17)21-13-9-20-23(11-13)14-1-5-18-6-2-14/h1-2,5-6,9,11,15,19H,3-4,7-8,10,12H2,(H2,21,22,24). The number of carbonyl (C=O) groups is 1. The van der Waals surface area contributed by atoms with Crippen molar-refractivity contribution in [3.8, 4) is 5.69 Å². The SMILES string of the molecule is O=C(Nc1cnn(-c2ccncc2)c1)NC1CNCC12CCOCC2. The van der Waals surface area contributed by atoms with Crippen molar-refractivity contribution in [2.45, 2.75) is 18.9 Å². The summed E-state index contributed by atoms with van der Waals surface area (Å²) in [6.07, 6.45) is 8.79. The molecule has 1 spiro atoms. The highest BCUT2D eigenvalue weighted by Crippen LogP contribution is 2.36. The number of ether oxygens (including phenoxy) is 1. The molecule has 2 aromatic heterocycles. The molecule has 0 radical (unpaired) electrons. The molecule has 3 N–H and O–H groups in total. The van der Waals surface area contributed by atoms with Gasteiger partial charge in [-0.05, 0) is 25.0 Å². The number of aromatic nitrogens is 3. The molecule has 4 heterocycles. The highest BCUT2D eigenvalue weighted by atomic mass is 16.5. The second kappa shape index (κ2) is 6.81. The van der Waals surface area contributed by atoms with Gasteiger partial charge < -0.3 is 20.7 Å². The van der Waals surface area contributed by atoms with Gasteiger partial charge in [0.1, 0.15) is 0 Å². The summed E-state index contributed by atoms with van der Waals surface area (Å²) < 4.78 is 7.18. The number of amides is 2. The number of rotatable bonds is 3. The van der Waals surface area contributed by atoms with E-state index in [0.717, 1.165) is 44.8 Å². The van der Waals surface area contributed by atoms with E-state index in [4.69, 9.17) is 4.74 Å². The zero-order chi connectivity index (χ0) is 17.1. The van der Waals surface area contributed by atoms with Gasteiger partial charge in [-0.2, -0.15) is 5.10 Å². The van der Waals surface area contributed by atoms with E-state index in [9.17, 15) is 4.79 Å². The van der Waals surface area contributed by atoms with Gasteiger partial charge in [-0.3, -0.25) is 4.98 Å². The number of nitrogens with zero attached hydrogens (tertiary/aromatic N) is 3. The Balaban J connectivity index is 1.38. The third-order valence-electron chi connectivity index (χ3n) is 5.13. The molecule has 8 nitrogen and oxygen atoms in total. The van der Waals surface area contributed by atoms with E-state index in [1.54, 1.807) is 29.5 Å². The number of hydrogen-bond donors (Lipinski definition) is 3. The van der Waals surface area contributed by atoms with Crippen molar-refractivity contribution in [1.29, 1.82) is 0 Å². The second-order valence-electron chi connectivity index (χ2n) is 6.64. The second-order valence-corrected chi connectivity index (χ2v) is 6.64. The molecule has 1 atom stereocenters. The van der Waals surface area contributed by atoms with Crippen molar-refractivity contribution in [3.05, 3.63) is 36.9 Å². The Bertz CT molecular complexity index is 726. The fourth-order valence-corrected chi connectivity index (χ4v) is 3.66. The first-order chi connectivity index (χ1) is 12.3. The summed E-state index contributed by atoms with van der Waals surface area (Å²) in [5.74, 6) is 0. The first kappa shape index (κ1) is 16.0. The van der Waals surface area contributed by atoms with Gasteiger partial charge in [-0.25, -0.2) is 9.48 Å². The molecule has 25 heavy (non-hydrogen) atoms. The van der Waals surface area contributed by atoms with Gasteiger partial charge in [0.25, 0.3) is 0 Å². The molecule has 0 saturated carbocycles. The molecule has 2 saturated heterocycles. The number of pyridine rings is 1. The van der Waals surface area contributed by atoms with Crippen LogP contribution in [0.1, 0.15) is 12.8 Å². The number of carbonyl (C=O) groups excluding carboxylic acids is 1. The average molecular weight is 342 g/mol. The van der Waals surface area contributed by atoms with Crippen molar-refractivity contribution in [2.24, 2.45) is 5.41 Å². The third-order valence-corrected chi connectivity index (χ3v) is 5.13. The lowest BCUT2D eigenvalue weighted by atomic mass is 9.76. The molecule has 0 aliphatic carbocycles. The maximum absolute atomic E-state index is 12.4. The smallest absolute Gasteiger partial charge is 0.319 e. The predicted molar refractivity (Wildman–Crippen MR) is 92.7 cm³/mol. The molecule has 2 fully saturated rings. The van der Waals surface area contributed by atoms with Crippen LogP contribution in [0.15, 0.2) is 36.9 Å². The predicted octanol–water partition coefficient (Wildman–Crippen LogP) is 1.16. The molecule has 132 valence electrons. The van der Waals surface area contributed by atoms with Crippen LogP contribution in [0.25, 0.3) is 5.69 Å². The van der Waals surface area contributed by atoms with Gasteiger partial charge >= 0.3 is 6.03 Å². The Kier molecular flexibility index (Phi) is 4.37. The first-order valence-corrected chi connectivity index (χ1v) is 8.56. The largest absolute Gasteiger partial charge is 0.381 e. The van der Waals surface area contributed by atoms with Crippen LogP contribution in [0.3, 0.4) is 0 Å². The number of hydrogen-bond acceptors (Lipinski definition) is 5. The summed E-state index contributed by atoms with van der Waals surface area (Å²) in [5, 5.41) is 13.7. The Morgan fingerprint density at radius 2 is 2.12 bits per heavy atom. The van der Waals surface area contributed by atoms with E-state index in [1.807, 2.05) is 12.1 Å². The summed E-state index contributed by atoms with van der Waals surface area (Å²) in [6.45, 7) is 3.26. The zero-order valence-electron chi connectivity index (χ0n) is 13.9. The van der Waals surface area contributed by atoms with Crippen LogP contribution in [-0.4, -0.2) is 53.1 Å². The van der Waals surface area contributed by atoms with Gasteiger partial charge in [0.05, 0.1) is 29.8 Å². The number of urea groups is 1. The lowest BCUT2D eigenvalue weighted by Gasteiger charge is -2.38. The average Bonchev–Trinajstić information content (AvgIpc) is 3.25. The van der Waals surface area contributed by atoms with Crippen molar-refractivity contribution < 1.29 is 9.53 Å². The Morgan fingerprint density at radius 1 is 1.32 bits per heavy atom. The quantitative estimate of drug-likeness (QED) is 0.778. The van der Waals surface area contributed by atoms with Crippen LogP contribution >= 0.6 is 0 Å². The highest BCUT2D eigenvalue weighted by molar-refractivity contribution is 5.89. The summed E-state index contributed by atoms with van der Waals surface area (Å²) in [4.78, 5) is 16.4. The van der Waals surface area contributed by atoms with E-state index in [-0.39, 0.29) is 17.5 Å². The molecule has 2 aliphatic heterocycles. The minimum Gasteiger partial charge on any atom is -0.381 e. The lowest BCUT2D eigenvalue weighted by Crippen LogP contribution is -2.50. The van der Waals surface area contributed by atoms with Gasteiger partial charge in [0.15, 0.2) is 0 Å². The highest BCUT2D eigenvalue weighted by Gasteiger charge is 2.44. The molecule has 1 unspecified atom stereocenters. The van der Waals surface area contributed by atoms with E-state index in [0.29, 0.717) is 5.69 Å². The van der Waals surface area contributed by atoms with Gasteiger partial charge in [-0.1, -0.05) is 0 Å². The van der Waals surface area contributed by atoms with Crippen LogP contribution in [0, 0.1) is 5.41 Å². The van der Waals surface area contributed by atoms with Gasteiger partial charge in [-0.15, -0.1) is 0 Å². The number of nitrogens with one attached hydrogen (secondary N) is 3. The molecule has 2 amide bonds. The monoisotopic (exact) mass is 342 g/mol. The van der Waals surface area contributed by atoms with Gasteiger partial charge in [0, 0.05) is 44.1 Å². The maximum Gasteiger partial charge on any atom is 0.319 e. The summed E-state index contributed by atoms with van der Waals surface area (Å²) in [7, 11) is 0. The Hall–Kier alpha value is -2.45.